The number of hydrogen-bond acceptors (Lipinski definition) is 2. The van der Waals surface area contributed by atoms with Crippen LogP contribution in [0.25, 0.3) is 0 Å². The van der Waals surface area contributed by atoms with E-state index in [1.165, 1.54) is 6.92 Å². The molecular formula is C15H31FO2. The lowest BCUT2D eigenvalue weighted by Gasteiger charge is -2.48. The largest absolute Gasteiger partial charge is 0.372 e. The molecule has 0 saturated heterocycles. The Morgan fingerprint density at radius 3 is 1.67 bits per heavy atom. The molecule has 2 atom stereocenters. The van der Waals surface area contributed by atoms with Crippen LogP contribution in [-0.4, -0.2) is 23.7 Å². The molecule has 0 aromatic rings. The summed E-state index contributed by atoms with van der Waals surface area (Å²) in [5.41, 5.74) is -1.09. The number of hydrogen-bond donors (Lipinski definition) is 0. The highest BCUT2D eigenvalue weighted by Gasteiger charge is 2.46. The Balaban J connectivity index is 5.06. The molecule has 0 aliphatic heterocycles. The van der Waals surface area contributed by atoms with Gasteiger partial charge in [0.1, 0.15) is 0 Å². The van der Waals surface area contributed by atoms with Gasteiger partial charge in [0.15, 0.2) is 6.36 Å². The molecule has 18 heavy (non-hydrogen) atoms. The van der Waals surface area contributed by atoms with E-state index < -0.39 is 12.0 Å². The third-order valence-corrected chi connectivity index (χ3v) is 3.68. The summed E-state index contributed by atoms with van der Waals surface area (Å²) < 4.78 is 24.7. The molecule has 0 bridgehead atoms. The zero-order chi connectivity index (χ0) is 14.8. The van der Waals surface area contributed by atoms with Crippen molar-refractivity contribution in [3.63, 3.8) is 0 Å². The van der Waals surface area contributed by atoms with E-state index in [9.17, 15) is 4.39 Å². The van der Waals surface area contributed by atoms with Crippen molar-refractivity contribution in [3.05, 3.63) is 0 Å². The van der Waals surface area contributed by atoms with Crippen LogP contribution in [-0.2, 0) is 9.47 Å². The lowest BCUT2D eigenvalue weighted by Crippen LogP contribution is -2.52. The first-order valence-electron chi connectivity index (χ1n) is 6.83. The second-order valence-electron chi connectivity index (χ2n) is 7.02. The first-order chi connectivity index (χ1) is 7.83. The third kappa shape index (κ3) is 4.85. The molecule has 0 heterocycles. The van der Waals surface area contributed by atoms with Crippen molar-refractivity contribution in [2.45, 2.75) is 92.4 Å². The van der Waals surface area contributed by atoms with Crippen molar-refractivity contribution in [2.24, 2.45) is 5.41 Å². The Morgan fingerprint density at radius 2 is 1.39 bits per heavy atom. The van der Waals surface area contributed by atoms with Crippen molar-refractivity contribution < 1.29 is 13.9 Å². The zero-order valence-electron chi connectivity index (χ0n) is 13.6. The number of alkyl halides is 1. The summed E-state index contributed by atoms with van der Waals surface area (Å²) in [5, 5.41) is 0. The van der Waals surface area contributed by atoms with Crippen LogP contribution in [0.4, 0.5) is 4.39 Å². The first kappa shape index (κ1) is 17.8. The molecule has 0 rings (SSSR count). The summed E-state index contributed by atoms with van der Waals surface area (Å²) in [4.78, 5) is 0. The lowest BCUT2D eigenvalue weighted by atomic mass is 9.71. The van der Waals surface area contributed by atoms with E-state index in [0.717, 1.165) is 6.42 Å². The second-order valence-corrected chi connectivity index (χ2v) is 7.02. The molecule has 0 amide bonds. The molecule has 0 aromatic heterocycles. The van der Waals surface area contributed by atoms with Crippen LogP contribution in [0.1, 0.15) is 68.7 Å². The molecule has 0 fully saturated rings. The minimum Gasteiger partial charge on any atom is -0.372 e. The monoisotopic (exact) mass is 262 g/mol. The maximum absolute atomic E-state index is 13.2. The molecule has 0 aliphatic carbocycles. The lowest BCUT2D eigenvalue weighted by molar-refractivity contribution is -0.220. The predicted molar refractivity (Wildman–Crippen MR) is 74.4 cm³/mol. The average molecular weight is 262 g/mol. The van der Waals surface area contributed by atoms with Gasteiger partial charge in [-0.25, -0.2) is 4.39 Å². The highest BCUT2D eigenvalue weighted by Crippen LogP contribution is 2.41. The number of ether oxygens (including phenoxy) is 2. The first-order valence-corrected chi connectivity index (χ1v) is 6.83. The van der Waals surface area contributed by atoms with Gasteiger partial charge in [-0.05, 0) is 48.0 Å². The van der Waals surface area contributed by atoms with Gasteiger partial charge in [0.05, 0.1) is 17.3 Å². The molecule has 2 unspecified atom stereocenters. The molecule has 0 saturated carbocycles. The van der Waals surface area contributed by atoms with E-state index >= 15 is 0 Å². The standard InChI is InChI=1S/C15H31FO2/c1-10-12(18-13(3,4)5)14(6,7)15(8,9)17-11(2)16/h11-12H,10H2,1-9H3. The summed E-state index contributed by atoms with van der Waals surface area (Å²) in [6, 6.07) is 0. The second kappa shape index (κ2) is 5.87. The van der Waals surface area contributed by atoms with Gasteiger partial charge in [-0.1, -0.05) is 20.8 Å². The van der Waals surface area contributed by atoms with E-state index in [4.69, 9.17) is 9.47 Å². The fraction of sp³-hybridized carbons (Fsp3) is 1.00. The fourth-order valence-corrected chi connectivity index (χ4v) is 2.11. The molecule has 3 heteroatoms. The van der Waals surface area contributed by atoms with Gasteiger partial charge in [0.25, 0.3) is 0 Å². The van der Waals surface area contributed by atoms with Gasteiger partial charge in [-0.15, -0.1) is 0 Å². The maximum Gasteiger partial charge on any atom is 0.196 e. The van der Waals surface area contributed by atoms with Crippen LogP contribution in [0.5, 0.6) is 0 Å². The summed E-state index contributed by atoms with van der Waals surface area (Å²) in [6.07, 6.45) is -0.379. The van der Waals surface area contributed by atoms with E-state index in [-0.39, 0.29) is 17.1 Å². The van der Waals surface area contributed by atoms with Crippen molar-refractivity contribution in [3.8, 4) is 0 Å². The minimum atomic E-state index is -1.27. The molecule has 0 spiro atoms. The van der Waals surface area contributed by atoms with Gasteiger partial charge in [0.2, 0.25) is 0 Å². The highest BCUT2D eigenvalue weighted by atomic mass is 19.1. The molecule has 0 aromatic carbocycles. The molecule has 0 radical (unpaired) electrons. The van der Waals surface area contributed by atoms with Crippen LogP contribution in [0.15, 0.2) is 0 Å². The van der Waals surface area contributed by atoms with Gasteiger partial charge in [-0.3, -0.25) is 0 Å². The Kier molecular flexibility index (Phi) is 5.82. The van der Waals surface area contributed by atoms with Gasteiger partial charge in [-0.2, -0.15) is 0 Å². The fourth-order valence-electron chi connectivity index (χ4n) is 2.11. The van der Waals surface area contributed by atoms with Gasteiger partial charge >= 0.3 is 0 Å². The zero-order valence-corrected chi connectivity index (χ0v) is 13.6. The van der Waals surface area contributed by atoms with Crippen molar-refractivity contribution in [1.82, 2.24) is 0 Å². The Labute approximate surface area is 112 Å². The van der Waals surface area contributed by atoms with Gasteiger partial charge < -0.3 is 9.47 Å². The summed E-state index contributed by atoms with van der Waals surface area (Å²) in [7, 11) is 0. The van der Waals surface area contributed by atoms with E-state index in [1.54, 1.807) is 0 Å². The maximum atomic E-state index is 13.2. The average Bonchev–Trinajstić information content (AvgIpc) is 2.09. The minimum absolute atomic E-state index is 0.0197. The number of halogens is 1. The Bertz CT molecular complexity index is 252. The molecule has 2 nitrogen and oxygen atoms in total. The van der Waals surface area contributed by atoms with Gasteiger partial charge in [0, 0.05) is 5.41 Å². The van der Waals surface area contributed by atoms with Crippen molar-refractivity contribution in [1.29, 1.82) is 0 Å². The van der Waals surface area contributed by atoms with Crippen LogP contribution < -0.4 is 0 Å². The van der Waals surface area contributed by atoms with Crippen LogP contribution in [0, 0.1) is 5.41 Å². The smallest absolute Gasteiger partial charge is 0.196 e. The quantitative estimate of drug-likeness (QED) is 0.689. The van der Waals surface area contributed by atoms with Crippen molar-refractivity contribution >= 4 is 0 Å². The topological polar surface area (TPSA) is 18.5 Å². The molecule has 0 N–H and O–H groups in total. The summed E-state index contributed by atoms with van der Waals surface area (Å²) >= 11 is 0. The van der Waals surface area contributed by atoms with Crippen molar-refractivity contribution in [2.75, 3.05) is 0 Å². The van der Waals surface area contributed by atoms with E-state index in [0.29, 0.717) is 0 Å². The molecular weight excluding hydrogens is 231 g/mol. The predicted octanol–water partition coefficient (Wildman–Crippen LogP) is 4.72. The van der Waals surface area contributed by atoms with E-state index in [2.05, 4.69) is 20.8 Å². The Morgan fingerprint density at radius 1 is 0.944 bits per heavy atom. The SMILES string of the molecule is CCC(OC(C)(C)C)C(C)(C)C(C)(C)OC(C)F. The van der Waals surface area contributed by atoms with Crippen LogP contribution in [0.2, 0.25) is 0 Å². The number of rotatable bonds is 6. The van der Waals surface area contributed by atoms with Crippen LogP contribution in [0.3, 0.4) is 0 Å². The van der Waals surface area contributed by atoms with E-state index in [1.807, 2.05) is 34.6 Å². The molecule has 110 valence electrons. The van der Waals surface area contributed by atoms with Crippen LogP contribution >= 0.6 is 0 Å². The normalized spacial score (nSPS) is 17.7. The molecule has 0 aliphatic rings. The summed E-state index contributed by atoms with van der Waals surface area (Å²) in [5.74, 6) is 0. The third-order valence-electron chi connectivity index (χ3n) is 3.68. The summed E-state index contributed by atoms with van der Waals surface area (Å²) in [6.45, 7) is 17.6. The highest BCUT2D eigenvalue weighted by molar-refractivity contribution is 4.94. The Hall–Kier alpha value is -0.150.